The average molecular weight is 301 g/mol. The van der Waals surface area contributed by atoms with Gasteiger partial charge in [0.1, 0.15) is 6.04 Å². The van der Waals surface area contributed by atoms with Crippen molar-refractivity contribution in [1.82, 2.24) is 4.98 Å². The van der Waals surface area contributed by atoms with E-state index in [1.165, 1.54) is 16.9 Å². The Hall–Kier alpha value is -1.88. The third kappa shape index (κ3) is 2.93. The van der Waals surface area contributed by atoms with E-state index in [-0.39, 0.29) is 17.4 Å². The Morgan fingerprint density at radius 1 is 1.38 bits per heavy atom. The molecule has 2 N–H and O–H groups in total. The van der Waals surface area contributed by atoms with Crippen molar-refractivity contribution in [2.24, 2.45) is 0 Å². The van der Waals surface area contributed by atoms with E-state index in [2.05, 4.69) is 42.5 Å². The molecule has 1 unspecified atom stereocenters. The first-order chi connectivity index (χ1) is 9.93. The number of nitrogens with zero attached hydrogens (tertiary/aromatic N) is 1. The van der Waals surface area contributed by atoms with Crippen LogP contribution in [-0.2, 0) is 16.6 Å². The summed E-state index contributed by atoms with van der Waals surface area (Å²) in [4.78, 5) is 16.8. The summed E-state index contributed by atoms with van der Waals surface area (Å²) in [5.74, 6) is -0.0268. The summed E-state index contributed by atoms with van der Waals surface area (Å²) in [5.41, 5.74) is 3.24. The summed E-state index contributed by atoms with van der Waals surface area (Å²) in [6.45, 7) is 6.34. The van der Waals surface area contributed by atoms with Crippen molar-refractivity contribution in [3.63, 3.8) is 0 Å². The molecule has 0 fully saturated rings. The second-order valence-electron chi connectivity index (χ2n) is 6.34. The second kappa shape index (κ2) is 5.15. The van der Waals surface area contributed by atoms with Gasteiger partial charge in [-0.05, 0) is 11.6 Å². The highest BCUT2D eigenvalue weighted by Gasteiger charge is 2.27. The quantitative estimate of drug-likeness (QED) is 0.893. The lowest BCUT2D eigenvalue weighted by Gasteiger charge is -2.14. The van der Waals surface area contributed by atoms with Crippen LogP contribution in [-0.4, -0.2) is 16.9 Å². The molecule has 2 heterocycles. The number of hydrogen-bond acceptors (Lipinski definition) is 4. The van der Waals surface area contributed by atoms with Gasteiger partial charge in [0.2, 0.25) is 5.91 Å². The lowest BCUT2D eigenvalue weighted by atomic mass is 9.93. The van der Waals surface area contributed by atoms with Crippen LogP contribution in [0.1, 0.15) is 32.0 Å². The lowest BCUT2D eigenvalue weighted by molar-refractivity contribution is -0.116. The average Bonchev–Trinajstić information content (AvgIpc) is 3.03. The second-order valence-corrected chi connectivity index (χ2v) is 7.19. The van der Waals surface area contributed by atoms with E-state index in [4.69, 9.17) is 0 Å². The Morgan fingerprint density at radius 2 is 2.14 bits per heavy atom. The molecule has 3 rings (SSSR count). The molecule has 0 bridgehead atoms. The first kappa shape index (κ1) is 14.1. The van der Waals surface area contributed by atoms with E-state index < -0.39 is 0 Å². The largest absolute Gasteiger partial charge is 0.373 e. The van der Waals surface area contributed by atoms with Crippen LogP contribution in [0.4, 0.5) is 10.8 Å². The molecule has 4 nitrogen and oxygen atoms in total. The number of anilines is 2. The van der Waals surface area contributed by atoms with Crippen LogP contribution in [0.5, 0.6) is 0 Å². The molecule has 0 saturated heterocycles. The topological polar surface area (TPSA) is 54.0 Å². The number of hydrogen-bond donors (Lipinski definition) is 2. The molecule has 1 aromatic heterocycles. The van der Waals surface area contributed by atoms with Crippen molar-refractivity contribution >= 4 is 28.1 Å². The molecule has 2 aromatic rings. The normalized spacial score (nSPS) is 17.2. The van der Waals surface area contributed by atoms with Gasteiger partial charge >= 0.3 is 0 Å². The molecule has 1 aliphatic heterocycles. The summed E-state index contributed by atoms with van der Waals surface area (Å²) in [6.07, 6.45) is 0.722. The zero-order valence-electron chi connectivity index (χ0n) is 12.4. The van der Waals surface area contributed by atoms with Crippen molar-refractivity contribution in [3.05, 3.63) is 40.9 Å². The van der Waals surface area contributed by atoms with Gasteiger partial charge in [-0.25, -0.2) is 4.98 Å². The van der Waals surface area contributed by atoms with Gasteiger partial charge in [-0.3, -0.25) is 4.79 Å². The van der Waals surface area contributed by atoms with E-state index in [1.54, 1.807) is 0 Å². The van der Waals surface area contributed by atoms with Crippen molar-refractivity contribution in [2.45, 2.75) is 38.6 Å². The van der Waals surface area contributed by atoms with Gasteiger partial charge in [0, 0.05) is 22.9 Å². The van der Waals surface area contributed by atoms with Gasteiger partial charge in [-0.1, -0.05) is 39.0 Å². The molecule has 0 saturated carbocycles. The van der Waals surface area contributed by atoms with Gasteiger partial charge in [0.15, 0.2) is 5.13 Å². The fraction of sp³-hybridized carbons (Fsp3) is 0.375. The summed E-state index contributed by atoms with van der Waals surface area (Å²) in [5, 5.41) is 8.85. The number of nitrogens with one attached hydrogen (secondary N) is 2. The van der Waals surface area contributed by atoms with Crippen molar-refractivity contribution < 1.29 is 4.79 Å². The number of thiazole rings is 1. The van der Waals surface area contributed by atoms with Crippen LogP contribution in [0, 0.1) is 0 Å². The molecule has 0 aliphatic carbocycles. The minimum absolute atomic E-state index is 0.00131. The molecule has 21 heavy (non-hydrogen) atoms. The van der Waals surface area contributed by atoms with Crippen molar-refractivity contribution in [2.75, 3.05) is 10.6 Å². The van der Waals surface area contributed by atoms with E-state index in [0.717, 1.165) is 17.8 Å². The minimum atomic E-state index is -0.218. The van der Waals surface area contributed by atoms with E-state index in [0.29, 0.717) is 5.13 Å². The van der Waals surface area contributed by atoms with Crippen LogP contribution in [0.25, 0.3) is 0 Å². The van der Waals surface area contributed by atoms with Crippen LogP contribution < -0.4 is 10.6 Å². The standard InChI is InChI=1S/C16H19N3OS/c1-16(2,3)13-9-21-15(18-13)19-14(20)12-8-10-6-4-5-7-11(10)17-12/h4-7,9,12,17H,8H2,1-3H3,(H,18,19,20). The smallest absolute Gasteiger partial charge is 0.248 e. The van der Waals surface area contributed by atoms with Gasteiger partial charge in [0.25, 0.3) is 0 Å². The number of amides is 1. The fourth-order valence-corrected chi connectivity index (χ4v) is 3.26. The molecule has 0 spiro atoms. The highest BCUT2D eigenvalue weighted by atomic mass is 32.1. The molecular formula is C16H19N3OS. The van der Waals surface area contributed by atoms with Crippen molar-refractivity contribution in [3.8, 4) is 0 Å². The number of aromatic nitrogens is 1. The van der Waals surface area contributed by atoms with Crippen LogP contribution in [0.15, 0.2) is 29.6 Å². The highest BCUT2D eigenvalue weighted by Crippen LogP contribution is 2.28. The number of carbonyl (C=O) groups excluding carboxylic acids is 1. The number of carbonyl (C=O) groups is 1. The summed E-state index contributed by atoms with van der Waals surface area (Å²) >= 11 is 1.48. The summed E-state index contributed by atoms with van der Waals surface area (Å²) in [7, 11) is 0. The van der Waals surface area contributed by atoms with E-state index in [1.807, 2.05) is 23.6 Å². The zero-order chi connectivity index (χ0) is 15.0. The zero-order valence-corrected chi connectivity index (χ0v) is 13.3. The Balaban J connectivity index is 1.67. The minimum Gasteiger partial charge on any atom is -0.373 e. The van der Waals surface area contributed by atoms with Crippen LogP contribution in [0.3, 0.4) is 0 Å². The molecule has 110 valence electrons. The monoisotopic (exact) mass is 301 g/mol. The third-order valence-corrected chi connectivity index (χ3v) is 4.35. The Labute approximate surface area is 128 Å². The predicted molar refractivity (Wildman–Crippen MR) is 87.0 cm³/mol. The molecule has 1 amide bonds. The van der Waals surface area contributed by atoms with Gasteiger partial charge in [-0.15, -0.1) is 11.3 Å². The molecule has 1 atom stereocenters. The maximum Gasteiger partial charge on any atom is 0.248 e. The number of para-hydroxylation sites is 1. The Kier molecular flexibility index (Phi) is 3.45. The predicted octanol–water partition coefficient (Wildman–Crippen LogP) is 3.42. The number of fused-ring (bicyclic) bond motifs is 1. The van der Waals surface area contributed by atoms with E-state index >= 15 is 0 Å². The Bertz CT molecular complexity index is 647. The molecule has 5 heteroatoms. The first-order valence-corrected chi connectivity index (χ1v) is 7.93. The number of rotatable bonds is 2. The molecule has 1 aromatic carbocycles. The van der Waals surface area contributed by atoms with E-state index in [9.17, 15) is 4.79 Å². The third-order valence-electron chi connectivity index (χ3n) is 3.59. The molecular weight excluding hydrogens is 282 g/mol. The number of benzene rings is 1. The highest BCUT2D eigenvalue weighted by molar-refractivity contribution is 7.14. The van der Waals surface area contributed by atoms with Gasteiger partial charge < -0.3 is 10.6 Å². The summed E-state index contributed by atoms with van der Waals surface area (Å²) < 4.78 is 0. The van der Waals surface area contributed by atoms with Crippen LogP contribution >= 0.6 is 11.3 Å². The lowest BCUT2D eigenvalue weighted by Crippen LogP contribution is -2.32. The van der Waals surface area contributed by atoms with Crippen molar-refractivity contribution in [1.29, 1.82) is 0 Å². The summed E-state index contributed by atoms with van der Waals surface area (Å²) in [6, 6.07) is 7.81. The Morgan fingerprint density at radius 3 is 2.81 bits per heavy atom. The molecule has 1 aliphatic rings. The van der Waals surface area contributed by atoms with Gasteiger partial charge in [-0.2, -0.15) is 0 Å². The first-order valence-electron chi connectivity index (χ1n) is 7.05. The fourth-order valence-electron chi connectivity index (χ4n) is 2.32. The maximum atomic E-state index is 12.3. The maximum absolute atomic E-state index is 12.3. The van der Waals surface area contributed by atoms with Crippen LogP contribution in [0.2, 0.25) is 0 Å². The molecule has 0 radical (unpaired) electrons. The SMILES string of the molecule is CC(C)(C)c1csc(NC(=O)C2Cc3ccccc3N2)n1. The van der Waals surface area contributed by atoms with Gasteiger partial charge in [0.05, 0.1) is 5.69 Å².